The lowest BCUT2D eigenvalue weighted by atomic mass is 9.94. The van der Waals surface area contributed by atoms with Crippen LogP contribution in [0.15, 0.2) is 29.2 Å². The van der Waals surface area contributed by atoms with Gasteiger partial charge in [-0.25, -0.2) is 8.42 Å². The monoisotopic (exact) mass is 352 g/mol. The smallest absolute Gasteiger partial charge is 0.324 e. The van der Waals surface area contributed by atoms with Crippen LogP contribution in [0.3, 0.4) is 0 Å². The standard InChI is InChI=1S/C16H20N2O5S/c1-3-22-16(19)15(13-8-9-23-14(13)10-17)18-24(20,21)12-6-4-11(2)5-7-12/h4-7,13-15,18H,3,8-9H2,1-2H3/t13-,14-,15+/m0/s1. The molecule has 130 valence electrons. The van der Waals surface area contributed by atoms with Crippen LogP contribution in [0, 0.1) is 24.2 Å². The van der Waals surface area contributed by atoms with Gasteiger partial charge in [-0.2, -0.15) is 9.98 Å². The van der Waals surface area contributed by atoms with E-state index in [0.717, 1.165) is 5.56 Å². The Morgan fingerprint density at radius 3 is 2.71 bits per heavy atom. The van der Waals surface area contributed by atoms with E-state index in [1.807, 2.05) is 13.0 Å². The summed E-state index contributed by atoms with van der Waals surface area (Å²) in [6.45, 7) is 3.90. The molecule has 1 fully saturated rings. The SMILES string of the molecule is CCOC(=O)[C@H](NS(=O)(=O)c1ccc(C)cc1)[C@H]1CCO[C@H]1C#N. The number of hydrogen-bond donors (Lipinski definition) is 1. The maximum atomic E-state index is 12.6. The first-order valence-corrected chi connectivity index (χ1v) is 9.14. The Morgan fingerprint density at radius 1 is 1.46 bits per heavy atom. The molecular formula is C16H20N2O5S. The summed E-state index contributed by atoms with van der Waals surface area (Å²) < 4.78 is 37.8. The van der Waals surface area contributed by atoms with Crippen LogP contribution in [-0.2, 0) is 24.3 Å². The number of hydrogen-bond acceptors (Lipinski definition) is 6. The molecule has 1 aliphatic heterocycles. The summed E-state index contributed by atoms with van der Waals surface area (Å²) in [6, 6.07) is 7.07. The summed E-state index contributed by atoms with van der Waals surface area (Å²) in [5.74, 6) is -1.29. The molecule has 7 nitrogen and oxygen atoms in total. The van der Waals surface area contributed by atoms with Crippen molar-refractivity contribution in [3.8, 4) is 6.07 Å². The largest absolute Gasteiger partial charge is 0.465 e. The van der Waals surface area contributed by atoms with E-state index in [0.29, 0.717) is 13.0 Å². The minimum atomic E-state index is -3.92. The average Bonchev–Trinajstić information content (AvgIpc) is 3.01. The number of benzene rings is 1. The molecule has 1 N–H and O–H groups in total. The minimum Gasteiger partial charge on any atom is -0.465 e. The zero-order valence-corrected chi connectivity index (χ0v) is 14.4. The lowest BCUT2D eigenvalue weighted by Crippen LogP contribution is -2.48. The number of carbonyl (C=O) groups is 1. The number of ether oxygens (including phenoxy) is 2. The molecule has 0 amide bonds. The zero-order chi connectivity index (χ0) is 17.7. The number of rotatable bonds is 6. The molecule has 3 atom stereocenters. The van der Waals surface area contributed by atoms with Crippen molar-refractivity contribution in [2.75, 3.05) is 13.2 Å². The van der Waals surface area contributed by atoms with Gasteiger partial charge < -0.3 is 9.47 Å². The van der Waals surface area contributed by atoms with E-state index in [9.17, 15) is 13.2 Å². The highest BCUT2D eigenvalue weighted by molar-refractivity contribution is 7.89. The quantitative estimate of drug-likeness (QED) is 0.770. The first-order chi connectivity index (χ1) is 11.4. The lowest BCUT2D eigenvalue weighted by Gasteiger charge is -2.23. The fourth-order valence-corrected chi connectivity index (χ4v) is 3.81. The van der Waals surface area contributed by atoms with Crippen LogP contribution >= 0.6 is 0 Å². The Balaban J connectivity index is 2.29. The number of sulfonamides is 1. The van der Waals surface area contributed by atoms with Crippen molar-refractivity contribution in [3.05, 3.63) is 29.8 Å². The first-order valence-electron chi connectivity index (χ1n) is 7.66. The number of esters is 1. The van der Waals surface area contributed by atoms with E-state index in [-0.39, 0.29) is 11.5 Å². The van der Waals surface area contributed by atoms with Gasteiger partial charge in [0.1, 0.15) is 12.1 Å². The Labute approximate surface area is 141 Å². The van der Waals surface area contributed by atoms with Gasteiger partial charge in [-0.05, 0) is 32.4 Å². The van der Waals surface area contributed by atoms with Gasteiger partial charge in [0.05, 0.1) is 17.6 Å². The van der Waals surface area contributed by atoms with Crippen molar-refractivity contribution in [2.45, 2.75) is 37.3 Å². The zero-order valence-electron chi connectivity index (χ0n) is 13.6. The number of nitrogens with zero attached hydrogens (tertiary/aromatic N) is 1. The van der Waals surface area contributed by atoms with E-state index < -0.39 is 34.1 Å². The molecule has 1 saturated heterocycles. The fourth-order valence-electron chi connectivity index (χ4n) is 2.58. The molecule has 0 bridgehead atoms. The van der Waals surface area contributed by atoms with E-state index in [1.165, 1.54) is 12.1 Å². The molecule has 0 aliphatic carbocycles. The summed E-state index contributed by atoms with van der Waals surface area (Å²) in [6.07, 6.45) is -0.446. The Kier molecular flexibility index (Phi) is 5.94. The summed E-state index contributed by atoms with van der Waals surface area (Å²) in [7, 11) is -3.92. The average molecular weight is 352 g/mol. The summed E-state index contributed by atoms with van der Waals surface area (Å²) in [5, 5.41) is 9.14. The van der Waals surface area contributed by atoms with Gasteiger partial charge in [-0.3, -0.25) is 4.79 Å². The molecular weight excluding hydrogens is 332 g/mol. The van der Waals surface area contributed by atoms with Crippen LogP contribution in [0.2, 0.25) is 0 Å². The van der Waals surface area contributed by atoms with Crippen molar-refractivity contribution in [2.24, 2.45) is 5.92 Å². The fraction of sp³-hybridized carbons (Fsp3) is 0.500. The van der Waals surface area contributed by atoms with Gasteiger partial charge >= 0.3 is 5.97 Å². The van der Waals surface area contributed by atoms with Crippen LogP contribution in [0.25, 0.3) is 0 Å². The van der Waals surface area contributed by atoms with E-state index in [1.54, 1.807) is 19.1 Å². The third-order valence-corrected chi connectivity index (χ3v) is 5.30. The molecule has 0 unspecified atom stereocenters. The van der Waals surface area contributed by atoms with Gasteiger partial charge in [0.25, 0.3) is 0 Å². The third kappa shape index (κ3) is 4.12. The molecule has 2 rings (SSSR count). The molecule has 0 spiro atoms. The Bertz CT molecular complexity index is 724. The number of nitriles is 1. The van der Waals surface area contributed by atoms with Crippen molar-refractivity contribution >= 4 is 16.0 Å². The highest BCUT2D eigenvalue weighted by Gasteiger charge is 2.41. The maximum Gasteiger partial charge on any atom is 0.324 e. The molecule has 0 saturated carbocycles. The number of nitrogens with one attached hydrogen (secondary N) is 1. The molecule has 1 aromatic carbocycles. The molecule has 0 radical (unpaired) electrons. The summed E-state index contributed by atoms with van der Waals surface area (Å²) >= 11 is 0. The van der Waals surface area contributed by atoms with Crippen molar-refractivity contribution in [1.82, 2.24) is 4.72 Å². The van der Waals surface area contributed by atoms with Gasteiger partial charge in [-0.1, -0.05) is 17.7 Å². The highest BCUT2D eigenvalue weighted by Crippen LogP contribution is 2.26. The van der Waals surface area contributed by atoms with E-state index >= 15 is 0 Å². The van der Waals surface area contributed by atoms with Crippen LogP contribution in [0.1, 0.15) is 18.9 Å². The van der Waals surface area contributed by atoms with Gasteiger partial charge in [-0.15, -0.1) is 0 Å². The van der Waals surface area contributed by atoms with Gasteiger partial charge in [0, 0.05) is 12.5 Å². The van der Waals surface area contributed by atoms with Crippen molar-refractivity contribution in [1.29, 1.82) is 5.26 Å². The predicted octanol–water partition coefficient (Wildman–Crippen LogP) is 1.13. The second-order valence-corrected chi connectivity index (χ2v) is 7.25. The second kappa shape index (κ2) is 7.75. The highest BCUT2D eigenvalue weighted by atomic mass is 32.2. The number of aryl methyl sites for hydroxylation is 1. The first kappa shape index (κ1) is 18.4. The molecule has 1 aromatic rings. The Hall–Kier alpha value is -1.95. The van der Waals surface area contributed by atoms with Crippen LogP contribution in [0.4, 0.5) is 0 Å². The predicted molar refractivity (Wildman–Crippen MR) is 85.4 cm³/mol. The maximum absolute atomic E-state index is 12.6. The molecule has 24 heavy (non-hydrogen) atoms. The number of carbonyl (C=O) groups excluding carboxylic acids is 1. The minimum absolute atomic E-state index is 0.0508. The van der Waals surface area contributed by atoms with Crippen molar-refractivity contribution in [3.63, 3.8) is 0 Å². The topological polar surface area (TPSA) is 105 Å². The molecule has 0 aromatic heterocycles. The van der Waals surface area contributed by atoms with Gasteiger partial charge in [0.15, 0.2) is 0 Å². The van der Waals surface area contributed by atoms with Gasteiger partial charge in [0.2, 0.25) is 10.0 Å². The van der Waals surface area contributed by atoms with Crippen molar-refractivity contribution < 1.29 is 22.7 Å². The molecule has 1 aliphatic rings. The second-order valence-electron chi connectivity index (χ2n) is 5.54. The third-order valence-electron chi connectivity index (χ3n) is 3.85. The van der Waals surface area contributed by atoms with Crippen LogP contribution in [0.5, 0.6) is 0 Å². The summed E-state index contributed by atoms with van der Waals surface area (Å²) in [5.41, 5.74) is 0.921. The van der Waals surface area contributed by atoms with Crippen LogP contribution in [-0.4, -0.2) is 39.7 Å². The van der Waals surface area contributed by atoms with E-state index in [4.69, 9.17) is 14.7 Å². The Morgan fingerprint density at radius 2 is 2.12 bits per heavy atom. The van der Waals surface area contributed by atoms with Crippen LogP contribution < -0.4 is 4.72 Å². The normalized spacial score (nSPS) is 21.9. The lowest BCUT2D eigenvalue weighted by molar-refractivity contribution is -0.146. The molecule has 1 heterocycles. The molecule has 8 heteroatoms. The van der Waals surface area contributed by atoms with E-state index in [2.05, 4.69) is 4.72 Å². The summed E-state index contributed by atoms with van der Waals surface area (Å²) in [4.78, 5) is 12.3.